The summed E-state index contributed by atoms with van der Waals surface area (Å²) in [6, 6.07) is 24.5. The molecule has 5 rings (SSSR count). The van der Waals surface area contributed by atoms with E-state index in [1.54, 1.807) is 0 Å². The van der Waals surface area contributed by atoms with Crippen molar-refractivity contribution < 1.29 is 0 Å². The molecule has 0 N–H and O–H groups in total. The third-order valence-corrected chi connectivity index (χ3v) is 6.77. The molecular formula is C26H25NS. The van der Waals surface area contributed by atoms with Gasteiger partial charge in [0.25, 0.3) is 0 Å². The minimum Gasteiger partial charge on any atom is -0.342 e. The zero-order chi connectivity index (χ0) is 19.5. The maximum atomic E-state index is 2.40. The number of fused-ring (bicyclic) bond motifs is 5. The zero-order valence-electron chi connectivity index (χ0n) is 16.9. The van der Waals surface area contributed by atoms with Gasteiger partial charge >= 0.3 is 0 Å². The van der Waals surface area contributed by atoms with E-state index >= 15 is 0 Å². The molecule has 1 aliphatic heterocycles. The minimum atomic E-state index is 0.237. The average Bonchev–Trinajstić information content (AvgIpc) is 2.67. The van der Waals surface area contributed by atoms with Gasteiger partial charge in [-0.25, -0.2) is 0 Å². The van der Waals surface area contributed by atoms with Crippen molar-refractivity contribution in [2.75, 3.05) is 11.9 Å². The van der Waals surface area contributed by atoms with Crippen LogP contribution in [0.3, 0.4) is 0 Å². The molecular weight excluding hydrogens is 358 g/mol. The third-order valence-electron chi connectivity index (χ3n) is 5.56. The number of hydrogen-bond acceptors (Lipinski definition) is 2. The quantitative estimate of drug-likeness (QED) is 0.330. The van der Waals surface area contributed by atoms with Crippen LogP contribution in [0.2, 0.25) is 0 Å². The first-order chi connectivity index (χ1) is 13.4. The van der Waals surface area contributed by atoms with Gasteiger partial charge in [-0.05, 0) is 45.7 Å². The molecule has 4 aromatic carbocycles. The largest absolute Gasteiger partial charge is 0.342 e. The van der Waals surface area contributed by atoms with Gasteiger partial charge in [0.15, 0.2) is 0 Å². The summed E-state index contributed by atoms with van der Waals surface area (Å²) in [6.07, 6.45) is 1.07. The van der Waals surface area contributed by atoms with E-state index in [2.05, 4.69) is 99.4 Å². The lowest BCUT2D eigenvalue weighted by atomic mass is 9.85. The second kappa shape index (κ2) is 6.28. The lowest BCUT2D eigenvalue weighted by Gasteiger charge is -2.34. The molecule has 0 fully saturated rings. The van der Waals surface area contributed by atoms with Crippen molar-refractivity contribution in [2.45, 2.75) is 37.0 Å². The smallest absolute Gasteiger partial charge is 0.0629 e. The maximum absolute atomic E-state index is 2.40. The van der Waals surface area contributed by atoms with E-state index < -0.39 is 0 Å². The molecule has 28 heavy (non-hydrogen) atoms. The SMILES string of the molecule is CN1c2cc3ccccc3c(CC(C)(C)C)c2Sc2ccc3ccccc3c21. The zero-order valence-corrected chi connectivity index (χ0v) is 17.7. The van der Waals surface area contributed by atoms with E-state index in [9.17, 15) is 0 Å². The molecule has 1 aliphatic rings. The Bertz CT molecular complexity index is 1220. The number of rotatable bonds is 1. The van der Waals surface area contributed by atoms with Crippen LogP contribution < -0.4 is 4.90 Å². The van der Waals surface area contributed by atoms with E-state index in [0.29, 0.717) is 0 Å². The summed E-state index contributed by atoms with van der Waals surface area (Å²) < 4.78 is 0. The van der Waals surface area contributed by atoms with Crippen LogP contribution in [0.25, 0.3) is 21.5 Å². The Morgan fingerprint density at radius 3 is 2.25 bits per heavy atom. The Hall–Kier alpha value is -2.45. The van der Waals surface area contributed by atoms with Crippen LogP contribution in [0.5, 0.6) is 0 Å². The highest BCUT2D eigenvalue weighted by Gasteiger charge is 2.28. The van der Waals surface area contributed by atoms with Crippen LogP contribution in [0.4, 0.5) is 11.4 Å². The van der Waals surface area contributed by atoms with E-state index in [4.69, 9.17) is 0 Å². The van der Waals surface area contributed by atoms with Crippen LogP contribution in [-0.4, -0.2) is 7.05 Å². The first-order valence-electron chi connectivity index (χ1n) is 9.90. The van der Waals surface area contributed by atoms with Crippen LogP contribution >= 0.6 is 11.8 Å². The molecule has 0 radical (unpaired) electrons. The van der Waals surface area contributed by atoms with Crippen LogP contribution in [0, 0.1) is 5.41 Å². The molecule has 0 aromatic heterocycles. The van der Waals surface area contributed by atoms with Crippen molar-refractivity contribution >= 4 is 44.7 Å². The summed E-state index contributed by atoms with van der Waals surface area (Å²) in [7, 11) is 2.22. The fourth-order valence-corrected chi connectivity index (χ4v) is 5.66. The molecule has 0 saturated heterocycles. The number of nitrogens with zero attached hydrogens (tertiary/aromatic N) is 1. The van der Waals surface area contributed by atoms with Crippen molar-refractivity contribution in [1.82, 2.24) is 0 Å². The molecule has 0 amide bonds. The second-order valence-corrected chi connectivity index (χ2v) is 10.0. The molecule has 1 nitrogen and oxygen atoms in total. The molecule has 0 bridgehead atoms. The molecule has 0 saturated carbocycles. The summed E-state index contributed by atoms with van der Waals surface area (Å²) in [6.45, 7) is 7.00. The van der Waals surface area contributed by atoms with Crippen LogP contribution in [0.15, 0.2) is 76.5 Å². The van der Waals surface area contributed by atoms with Crippen LogP contribution in [-0.2, 0) is 6.42 Å². The van der Waals surface area contributed by atoms with Gasteiger partial charge in [-0.3, -0.25) is 0 Å². The fraction of sp³-hybridized carbons (Fsp3) is 0.231. The normalized spacial score (nSPS) is 13.6. The van der Waals surface area contributed by atoms with E-state index in [0.717, 1.165) is 6.42 Å². The fourth-order valence-electron chi connectivity index (χ4n) is 4.35. The highest BCUT2D eigenvalue weighted by atomic mass is 32.2. The summed E-state index contributed by atoms with van der Waals surface area (Å²) in [4.78, 5) is 5.17. The van der Waals surface area contributed by atoms with Crippen molar-refractivity contribution in [3.8, 4) is 0 Å². The second-order valence-electron chi connectivity index (χ2n) is 8.96. The standard InChI is InChI=1S/C26H25NS/c1-26(2,3)16-21-19-11-7-6-10-18(19)15-22-25(21)28-23-14-13-17-9-5-8-12-20(17)24(23)27(22)4/h5-15H,16H2,1-4H3. The Morgan fingerprint density at radius 1 is 0.821 bits per heavy atom. The molecule has 0 atom stereocenters. The molecule has 1 heterocycles. The minimum absolute atomic E-state index is 0.237. The van der Waals surface area contributed by atoms with E-state index in [1.165, 1.54) is 48.3 Å². The Kier molecular flexibility index (Phi) is 3.96. The van der Waals surface area contributed by atoms with Gasteiger partial charge < -0.3 is 4.90 Å². The molecule has 0 unspecified atom stereocenters. The van der Waals surface area contributed by atoms with Gasteiger partial charge in [-0.15, -0.1) is 0 Å². The van der Waals surface area contributed by atoms with Crippen LogP contribution in [0.1, 0.15) is 26.3 Å². The molecule has 4 aromatic rings. The first-order valence-corrected chi connectivity index (χ1v) is 10.7. The lowest BCUT2D eigenvalue weighted by molar-refractivity contribution is 0.410. The summed E-state index contributed by atoms with van der Waals surface area (Å²) in [5.74, 6) is 0. The molecule has 140 valence electrons. The average molecular weight is 384 g/mol. The lowest BCUT2D eigenvalue weighted by Crippen LogP contribution is -2.18. The van der Waals surface area contributed by atoms with Crippen molar-refractivity contribution in [3.05, 3.63) is 72.3 Å². The summed E-state index contributed by atoms with van der Waals surface area (Å²) >= 11 is 1.94. The Morgan fingerprint density at radius 2 is 1.50 bits per heavy atom. The topological polar surface area (TPSA) is 3.24 Å². The highest BCUT2D eigenvalue weighted by molar-refractivity contribution is 7.99. The molecule has 0 spiro atoms. The van der Waals surface area contributed by atoms with Gasteiger partial charge in [-0.2, -0.15) is 0 Å². The highest BCUT2D eigenvalue weighted by Crippen LogP contribution is 2.53. The third kappa shape index (κ3) is 2.79. The predicted octanol–water partition coefficient (Wildman–Crippen LogP) is 7.81. The van der Waals surface area contributed by atoms with Crippen molar-refractivity contribution in [1.29, 1.82) is 0 Å². The van der Waals surface area contributed by atoms with Gasteiger partial charge in [0.05, 0.1) is 11.4 Å². The molecule has 2 heteroatoms. The Balaban J connectivity index is 1.80. The van der Waals surface area contributed by atoms with Gasteiger partial charge in [0.1, 0.15) is 0 Å². The predicted molar refractivity (Wildman–Crippen MR) is 123 cm³/mol. The Labute approximate surface area is 171 Å². The number of anilines is 2. The van der Waals surface area contributed by atoms with Gasteiger partial charge in [-0.1, -0.05) is 87.1 Å². The van der Waals surface area contributed by atoms with E-state index in [1.807, 2.05) is 11.8 Å². The van der Waals surface area contributed by atoms with Gasteiger partial charge in [0, 0.05) is 22.2 Å². The van der Waals surface area contributed by atoms with Gasteiger partial charge in [0.2, 0.25) is 0 Å². The van der Waals surface area contributed by atoms with E-state index in [-0.39, 0.29) is 5.41 Å². The molecule has 0 aliphatic carbocycles. The number of hydrogen-bond donors (Lipinski definition) is 0. The maximum Gasteiger partial charge on any atom is 0.0629 e. The summed E-state index contributed by atoms with van der Waals surface area (Å²) in [5, 5.41) is 5.34. The summed E-state index contributed by atoms with van der Waals surface area (Å²) in [5.41, 5.74) is 4.37. The van der Waals surface area contributed by atoms with Crippen molar-refractivity contribution in [2.24, 2.45) is 5.41 Å². The number of benzene rings is 4. The monoisotopic (exact) mass is 383 g/mol. The van der Waals surface area contributed by atoms with Crippen molar-refractivity contribution in [3.63, 3.8) is 0 Å². The first kappa shape index (κ1) is 17.6.